The topological polar surface area (TPSA) is 55.4 Å². The van der Waals surface area contributed by atoms with Gasteiger partial charge in [-0.15, -0.1) is 11.3 Å². The predicted molar refractivity (Wildman–Crippen MR) is 79.1 cm³/mol. The van der Waals surface area contributed by atoms with Crippen molar-refractivity contribution in [3.63, 3.8) is 0 Å². The van der Waals surface area contributed by atoms with Crippen LogP contribution in [0.1, 0.15) is 0 Å². The molecule has 0 fully saturated rings. The highest BCUT2D eigenvalue weighted by molar-refractivity contribution is 9.11. The molecule has 0 radical (unpaired) electrons. The Labute approximate surface area is 132 Å². The van der Waals surface area contributed by atoms with E-state index in [1.807, 2.05) is 0 Å². The monoisotopic (exact) mass is 397 g/mol. The van der Waals surface area contributed by atoms with E-state index in [-0.39, 0.29) is 23.1 Å². The molecule has 114 valence electrons. The van der Waals surface area contributed by atoms with E-state index in [2.05, 4.69) is 20.7 Å². The third-order valence-electron chi connectivity index (χ3n) is 2.36. The van der Waals surface area contributed by atoms with E-state index in [0.29, 0.717) is 9.85 Å². The summed E-state index contributed by atoms with van der Waals surface area (Å²) in [5.74, 6) is -1.67. The summed E-state index contributed by atoms with van der Waals surface area (Å²) in [5.41, 5.74) is 0. The molecule has 0 saturated carbocycles. The maximum Gasteiger partial charge on any atom is 0.250 e. The van der Waals surface area contributed by atoms with Crippen molar-refractivity contribution in [2.75, 3.05) is 13.2 Å². The average molecular weight is 398 g/mol. The first kappa shape index (κ1) is 16.3. The molecule has 21 heavy (non-hydrogen) atoms. The SMILES string of the molecule is O=S(=O)(NCCOc1ccc(F)cc1F)c1ccc(Br)s1. The summed E-state index contributed by atoms with van der Waals surface area (Å²) in [6.07, 6.45) is 0. The number of halogens is 3. The standard InChI is InChI=1S/C12H10BrF2NO3S2/c13-11-3-4-12(20-11)21(17,18)16-5-6-19-10-2-1-8(14)7-9(10)15/h1-4,7,16H,5-6H2. The van der Waals surface area contributed by atoms with Crippen LogP contribution >= 0.6 is 27.3 Å². The number of hydrogen-bond donors (Lipinski definition) is 1. The van der Waals surface area contributed by atoms with E-state index in [9.17, 15) is 17.2 Å². The lowest BCUT2D eigenvalue weighted by Gasteiger charge is -2.08. The van der Waals surface area contributed by atoms with Gasteiger partial charge in [-0.1, -0.05) is 0 Å². The van der Waals surface area contributed by atoms with E-state index in [0.717, 1.165) is 23.5 Å². The van der Waals surface area contributed by atoms with Gasteiger partial charge in [-0.05, 0) is 40.2 Å². The molecule has 0 saturated heterocycles. The van der Waals surface area contributed by atoms with Crippen LogP contribution in [0.5, 0.6) is 5.75 Å². The zero-order valence-electron chi connectivity index (χ0n) is 10.5. The zero-order chi connectivity index (χ0) is 15.5. The van der Waals surface area contributed by atoms with Crippen LogP contribution in [0, 0.1) is 11.6 Å². The van der Waals surface area contributed by atoms with Crippen LogP contribution < -0.4 is 9.46 Å². The van der Waals surface area contributed by atoms with Gasteiger partial charge < -0.3 is 4.74 Å². The van der Waals surface area contributed by atoms with Crippen LogP contribution in [0.2, 0.25) is 0 Å². The van der Waals surface area contributed by atoms with Gasteiger partial charge in [0.25, 0.3) is 0 Å². The van der Waals surface area contributed by atoms with Gasteiger partial charge in [0, 0.05) is 12.6 Å². The van der Waals surface area contributed by atoms with Crippen LogP contribution in [0.15, 0.2) is 38.3 Å². The maximum atomic E-state index is 13.3. The van der Waals surface area contributed by atoms with Crippen molar-refractivity contribution in [2.45, 2.75) is 4.21 Å². The van der Waals surface area contributed by atoms with Crippen LogP contribution in [-0.2, 0) is 10.0 Å². The molecule has 1 aromatic carbocycles. The first-order valence-corrected chi connectivity index (χ1v) is 8.80. The third kappa shape index (κ3) is 4.47. The smallest absolute Gasteiger partial charge is 0.250 e. The average Bonchev–Trinajstić information content (AvgIpc) is 2.84. The molecule has 2 rings (SSSR count). The Morgan fingerprint density at radius 1 is 1.24 bits per heavy atom. The van der Waals surface area contributed by atoms with Gasteiger partial charge in [0.05, 0.1) is 3.79 Å². The van der Waals surface area contributed by atoms with Gasteiger partial charge in [0.1, 0.15) is 16.6 Å². The molecular weight excluding hydrogens is 388 g/mol. The number of ether oxygens (including phenoxy) is 1. The minimum absolute atomic E-state index is 0.0331. The lowest BCUT2D eigenvalue weighted by Crippen LogP contribution is -2.27. The normalized spacial score (nSPS) is 11.6. The fourth-order valence-electron chi connectivity index (χ4n) is 1.44. The van der Waals surface area contributed by atoms with Crippen LogP contribution in [0.4, 0.5) is 8.78 Å². The molecule has 0 aliphatic heterocycles. The van der Waals surface area contributed by atoms with Gasteiger partial charge in [-0.3, -0.25) is 0 Å². The number of benzene rings is 1. The molecule has 1 heterocycles. The molecule has 0 aliphatic carbocycles. The highest BCUT2D eigenvalue weighted by atomic mass is 79.9. The summed E-state index contributed by atoms with van der Waals surface area (Å²) in [7, 11) is -3.61. The predicted octanol–water partition coefficient (Wildman–Crippen LogP) is 3.15. The molecule has 1 aromatic heterocycles. The second kappa shape index (κ2) is 6.82. The first-order chi connectivity index (χ1) is 9.88. The Kier molecular flexibility index (Phi) is 5.31. The molecule has 0 bridgehead atoms. The van der Waals surface area contributed by atoms with Crippen molar-refractivity contribution in [1.82, 2.24) is 4.72 Å². The second-order valence-electron chi connectivity index (χ2n) is 3.88. The van der Waals surface area contributed by atoms with Crippen molar-refractivity contribution < 1.29 is 21.9 Å². The van der Waals surface area contributed by atoms with Crippen molar-refractivity contribution in [3.05, 3.63) is 45.8 Å². The minimum Gasteiger partial charge on any atom is -0.489 e. The van der Waals surface area contributed by atoms with Gasteiger partial charge in [-0.2, -0.15) is 0 Å². The fraction of sp³-hybridized carbons (Fsp3) is 0.167. The van der Waals surface area contributed by atoms with Crippen LogP contribution in [0.25, 0.3) is 0 Å². The number of thiophene rings is 1. The Bertz CT molecular complexity index is 734. The van der Waals surface area contributed by atoms with Crippen molar-refractivity contribution in [3.8, 4) is 5.75 Å². The highest BCUT2D eigenvalue weighted by Gasteiger charge is 2.15. The summed E-state index contributed by atoms with van der Waals surface area (Å²) in [5, 5.41) is 0. The lowest BCUT2D eigenvalue weighted by atomic mass is 10.3. The third-order valence-corrected chi connectivity index (χ3v) is 5.94. The van der Waals surface area contributed by atoms with E-state index < -0.39 is 21.7 Å². The Hall–Kier alpha value is -1.03. The lowest BCUT2D eigenvalue weighted by molar-refractivity contribution is 0.305. The van der Waals surface area contributed by atoms with Crippen molar-refractivity contribution in [1.29, 1.82) is 0 Å². The maximum absolute atomic E-state index is 13.3. The quantitative estimate of drug-likeness (QED) is 0.761. The molecule has 2 aromatic rings. The largest absolute Gasteiger partial charge is 0.489 e. The van der Waals surface area contributed by atoms with Gasteiger partial charge >= 0.3 is 0 Å². The molecule has 0 amide bonds. The minimum atomic E-state index is -3.61. The Morgan fingerprint density at radius 3 is 2.62 bits per heavy atom. The van der Waals surface area contributed by atoms with Crippen LogP contribution in [0.3, 0.4) is 0 Å². The zero-order valence-corrected chi connectivity index (χ0v) is 13.7. The molecule has 0 spiro atoms. The summed E-state index contributed by atoms with van der Waals surface area (Å²) in [6.45, 7) is -0.108. The Morgan fingerprint density at radius 2 is 2.00 bits per heavy atom. The fourth-order valence-corrected chi connectivity index (χ4v) is 4.51. The number of hydrogen-bond acceptors (Lipinski definition) is 4. The Balaban J connectivity index is 1.87. The van der Waals surface area contributed by atoms with E-state index in [4.69, 9.17) is 4.74 Å². The molecule has 9 heteroatoms. The van der Waals surface area contributed by atoms with Crippen LogP contribution in [-0.4, -0.2) is 21.6 Å². The summed E-state index contributed by atoms with van der Waals surface area (Å²) < 4.78 is 58.0. The molecule has 0 unspecified atom stereocenters. The van der Waals surface area contributed by atoms with E-state index >= 15 is 0 Å². The van der Waals surface area contributed by atoms with Crippen molar-refractivity contribution >= 4 is 37.3 Å². The molecular formula is C12H10BrF2NO3S2. The first-order valence-electron chi connectivity index (χ1n) is 5.71. The molecule has 0 atom stereocenters. The summed E-state index contributed by atoms with van der Waals surface area (Å²) in [4.78, 5) is 0. The van der Waals surface area contributed by atoms with Gasteiger partial charge in [0.2, 0.25) is 10.0 Å². The molecule has 1 N–H and O–H groups in total. The summed E-state index contributed by atoms with van der Waals surface area (Å²) in [6, 6.07) is 6.01. The van der Waals surface area contributed by atoms with Crippen molar-refractivity contribution in [2.24, 2.45) is 0 Å². The summed E-state index contributed by atoms with van der Waals surface area (Å²) >= 11 is 4.26. The van der Waals surface area contributed by atoms with Gasteiger partial charge in [0.15, 0.2) is 11.6 Å². The number of nitrogens with one attached hydrogen (secondary N) is 1. The number of rotatable bonds is 6. The second-order valence-corrected chi connectivity index (χ2v) is 8.34. The molecule has 0 aliphatic rings. The molecule has 4 nitrogen and oxygen atoms in total. The van der Waals surface area contributed by atoms with E-state index in [1.165, 1.54) is 6.07 Å². The highest BCUT2D eigenvalue weighted by Crippen LogP contribution is 2.25. The number of sulfonamides is 1. The van der Waals surface area contributed by atoms with Gasteiger partial charge in [-0.25, -0.2) is 21.9 Å². The van der Waals surface area contributed by atoms with E-state index in [1.54, 1.807) is 6.07 Å².